The molecule has 1 aromatic rings. The van der Waals surface area contributed by atoms with Crippen LogP contribution in [0.5, 0.6) is 0 Å². The quantitative estimate of drug-likeness (QED) is 0.559. The summed E-state index contributed by atoms with van der Waals surface area (Å²) in [6.45, 7) is 2.07. The van der Waals surface area contributed by atoms with E-state index in [0.717, 1.165) is 11.4 Å². The summed E-state index contributed by atoms with van der Waals surface area (Å²) < 4.78 is 1.95. The largest absolute Gasteiger partial charge is 0.291 e. The third-order valence-electron chi connectivity index (χ3n) is 1.47. The summed E-state index contributed by atoms with van der Waals surface area (Å²) in [7, 11) is 0. The number of nitriles is 1. The van der Waals surface area contributed by atoms with Crippen LogP contribution < -0.4 is 4.31 Å². The van der Waals surface area contributed by atoms with E-state index < -0.39 is 0 Å². The van der Waals surface area contributed by atoms with Crippen molar-refractivity contribution in [1.29, 1.82) is 5.26 Å². The summed E-state index contributed by atoms with van der Waals surface area (Å²) in [5.74, 6) is 0.956. The maximum atomic E-state index is 8.45. The highest BCUT2D eigenvalue weighted by Gasteiger charge is 2.00. The first kappa shape index (κ1) is 10.6. The monoisotopic (exact) mass is 205 g/mol. The van der Waals surface area contributed by atoms with Gasteiger partial charge in [-0.15, -0.1) is 0 Å². The predicted octanol–water partition coefficient (Wildman–Crippen LogP) is 2.59. The molecule has 0 bridgehead atoms. The summed E-state index contributed by atoms with van der Waals surface area (Å²) in [6, 6.07) is 5.79. The van der Waals surface area contributed by atoms with E-state index >= 15 is 0 Å². The van der Waals surface area contributed by atoms with Crippen LogP contribution in [0.25, 0.3) is 0 Å². The van der Waals surface area contributed by atoms with Crippen molar-refractivity contribution >= 4 is 17.6 Å². The molecule has 72 valence electrons. The first-order valence-corrected chi connectivity index (χ1v) is 5.21. The van der Waals surface area contributed by atoms with Crippen LogP contribution in [0.15, 0.2) is 36.8 Å². The lowest BCUT2D eigenvalue weighted by Crippen LogP contribution is -2.05. The molecule has 0 saturated carbocycles. The van der Waals surface area contributed by atoms with E-state index in [9.17, 15) is 0 Å². The Morgan fingerprint density at radius 2 is 2.29 bits per heavy atom. The van der Waals surface area contributed by atoms with Crippen LogP contribution in [-0.2, 0) is 0 Å². The summed E-state index contributed by atoms with van der Waals surface area (Å²) in [5, 5.41) is 8.45. The molecule has 0 saturated heterocycles. The van der Waals surface area contributed by atoms with Crippen LogP contribution in [0.1, 0.15) is 6.92 Å². The zero-order valence-electron chi connectivity index (χ0n) is 7.92. The summed E-state index contributed by atoms with van der Waals surface area (Å²) in [4.78, 5) is 3.94. The number of rotatable bonds is 4. The van der Waals surface area contributed by atoms with Crippen molar-refractivity contribution in [2.75, 3.05) is 10.1 Å². The van der Waals surface area contributed by atoms with Gasteiger partial charge in [-0.1, -0.05) is 6.92 Å². The zero-order chi connectivity index (χ0) is 10.2. The number of aromatic nitrogens is 1. The van der Waals surface area contributed by atoms with Gasteiger partial charge in [-0.05, 0) is 24.1 Å². The van der Waals surface area contributed by atoms with Crippen LogP contribution in [0, 0.1) is 11.3 Å². The smallest absolute Gasteiger partial charge is 0.0927 e. The average Bonchev–Trinajstić information content (AvgIpc) is 2.25. The zero-order valence-corrected chi connectivity index (χ0v) is 8.74. The van der Waals surface area contributed by atoms with Crippen LogP contribution >= 0.6 is 11.9 Å². The molecular weight excluding hydrogens is 194 g/mol. The van der Waals surface area contributed by atoms with Gasteiger partial charge in [0.2, 0.25) is 0 Å². The van der Waals surface area contributed by atoms with E-state index in [2.05, 4.69) is 11.9 Å². The van der Waals surface area contributed by atoms with E-state index in [0.29, 0.717) is 0 Å². The fourth-order valence-corrected chi connectivity index (χ4v) is 1.63. The maximum absolute atomic E-state index is 8.45. The lowest BCUT2D eigenvalue weighted by Gasteiger charge is -2.16. The number of hydrogen-bond donors (Lipinski definition) is 0. The fraction of sp³-hybridized carbons (Fsp3) is 0.200. The van der Waals surface area contributed by atoms with E-state index in [-0.39, 0.29) is 0 Å². The number of allylic oxidation sites excluding steroid dienone is 1. The highest BCUT2D eigenvalue weighted by atomic mass is 32.2. The van der Waals surface area contributed by atoms with Gasteiger partial charge in [0, 0.05) is 30.4 Å². The minimum Gasteiger partial charge on any atom is -0.291 e. The predicted molar refractivity (Wildman–Crippen MR) is 59.6 cm³/mol. The highest BCUT2D eigenvalue weighted by molar-refractivity contribution is 8.00. The maximum Gasteiger partial charge on any atom is 0.0927 e. The van der Waals surface area contributed by atoms with E-state index in [1.54, 1.807) is 30.5 Å². The Labute approximate surface area is 88.2 Å². The van der Waals surface area contributed by atoms with Gasteiger partial charge in [0.25, 0.3) is 0 Å². The Balaban J connectivity index is 2.79. The second-order valence-electron chi connectivity index (χ2n) is 2.39. The molecule has 1 aromatic heterocycles. The third kappa shape index (κ3) is 3.11. The van der Waals surface area contributed by atoms with Crippen LogP contribution in [0.3, 0.4) is 0 Å². The minimum absolute atomic E-state index is 0.956. The summed E-state index contributed by atoms with van der Waals surface area (Å²) in [6.07, 6.45) is 6.68. The topological polar surface area (TPSA) is 39.9 Å². The molecule has 0 N–H and O–H groups in total. The van der Waals surface area contributed by atoms with Crippen molar-refractivity contribution in [3.8, 4) is 6.07 Å². The van der Waals surface area contributed by atoms with Gasteiger partial charge in [-0.3, -0.25) is 9.29 Å². The van der Waals surface area contributed by atoms with Gasteiger partial charge < -0.3 is 0 Å². The van der Waals surface area contributed by atoms with Crippen molar-refractivity contribution in [2.45, 2.75) is 6.92 Å². The van der Waals surface area contributed by atoms with Crippen molar-refractivity contribution in [1.82, 2.24) is 4.98 Å². The molecule has 0 aromatic carbocycles. The first-order chi connectivity index (χ1) is 6.88. The number of anilines is 1. The van der Waals surface area contributed by atoms with Crippen molar-refractivity contribution in [2.24, 2.45) is 0 Å². The average molecular weight is 205 g/mol. The normalized spacial score (nSPS) is 10.0. The fourth-order valence-electron chi connectivity index (χ4n) is 0.935. The Bertz CT molecular complexity index is 329. The number of pyridine rings is 1. The molecule has 0 amide bonds. The van der Waals surface area contributed by atoms with Crippen LogP contribution in [0.2, 0.25) is 0 Å². The Kier molecular flexibility index (Phi) is 4.59. The summed E-state index contributed by atoms with van der Waals surface area (Å²) >= 11 is 1.64. The van der Waals surface area contributed by atoms with Crippen molar-refractivity contribution < 1.29 is 0 Å². The lowest BCUT2D eigenvalue weighted by molar-refractivity contribution is 1.30. The second kappa shape index (κ2) is 6.06. The van der Waals surface area contributed by atoms with Gasteiger partial charge >= 0.3 is 0 Å². The molecular formula is C10H11N3S. The van der Waals surface area contributed by atoms with Crippen LogP contribution in [0.4, 0.5) is 5.69 Å². The van der Waals surface area contributed by atoms with Crippen molar-refractivity contribution in [3.05, 3.63) is 36.8 Å². The van der Waals surface area contributed by atoms with Crippen LogP contribution in [-0.4, -0.2) is 10.7 Å². The Morgan fingerprint density at radius 3 is 2.86 bits per heavy atom. The summed E-state index contributed by atoms with van der Waals surface area (Å²) in [5.41, 5.74) is 1.03. The first-order valence-electron chi connectivity index (χ1n) is 4.27. The molecule has 0 radical (unpaired) electrons. The highest BCUT2D eigenvalue weighted by Crippen LogP contribution is 2.21. The van der Waals surface area contributed by atoms with E-state index in [1.165, 1.54) is 6.08 Å². The molecule has 0 unspecified atom stereocenters. The molecule has 0 aliphatic rings. The lowest BCUT2D eigenvalue weighted by atomic mass is 10.4. The van der Waals surface area contributed by atoms with Gasteiger partial charge in [0.05, 0.1) is 11.8 Å². The van der Waals surface area contributed by atoms with E-state index in [4.69, 9.17) is 5.26 Å². The van der Waals surface area contributed by atoms with Gasteiger partial charge in [0.15, 0.2) is 0 Å². The molecule has 4 heteroatoms. The van der Waals surface area contributed by atoms with Gasteiger partial charge in [0.1, 0.15) is 0 Å². The molecule has 1 heterocycles. The molecule has 14 heavy (non-hydrogen) atoms. The van der Waals surface area contributed by atoms with Gasteiger partial charge in [-0.25, -0.2) is 0 Å². The number of hydrogen-bond acceptors (Lipinski definition) is 4. The van der Waals surface area contributed by atoms with Crippen molar-refractivity contribution in [3.63, 3.8) is 0 Å². The number of nitrogens with zero attached hydrogens (tertiary/aromatic N) is 3. The molecule has 0 fully saturated rings. The molecule has 1 rings (SSSR count). The molecule has 0 atom stereocenters. The van der Waals surface area contributed by atoms with Gasteiger partial charge in [-0.2, -0.15) is 5.26 Å². The Hall–Kier alpha value is -1.47. The Morgan fingerprint density at radius 1 is 1.57 bits per heavy atom. The standard InChI is InChI=1S/C10H11N3S/c1-2-14-13(9-3-6-11)10-4-7-12-8-5-10/h3-5,7-9H,2H2,1H3. The molecule has 3 nitrogen and oxygen atoms in total. The minimum atomic E-state index is 0.956. The SMILES string of the molecule is CCSN(C=CC#N)c1ccncc1. The third-order valence-corrected chi connectivity index (χ3v) is 2.34. The molecule has 0 aliphatic heterocycles. The molecule has 0 aliphatic carbocycles. The second-order valence-corrected chi connectivity index (χ2v) is 3.62. The molecule has 0 spiro atoms. The van der Waals surface area contributed by atoms with E-state index in [1.807, 2.05) is 22.5 Å².